The van der Waals surface area contributed by atoms with Crippen molar-refractivity contribution in [2.45, 2.75) is 20.4 Å². The van der Waals surface area contributed by atoms with Crippen molar-refractivity contribution in [3.8, 4) is 17.0 Å². The van der Waals surface area contributed by atoms with Crippen LogP contribution in [-0.2, 0) is 6.54 Å². The lowest BCUT2D eigenvalue weighted by Crippen LogP contribution is -2.02. The van der Waals surface area contributed by atoms with Crippen LogP contribution in [0.25, 0.3) is 11.3 Å². The quantitative estimate of drug-likeness (QED) is 0.429. The van der Waals surface area contributed by atoms with E-state index in [-0.39, 0.29) is 0 Å². The predicted octanol–water partition coefficient (Wildman–Crippen LogP) is 6.09. The average Bonchev–Trinajstić information content (AvgIpc) is 3.40. The van der Waals surface area contributed by atoms with Crippen LogP contribution < -0.4 is 10.1 Å². The summed E-state index contributed by atoms with van der Waals surface area (Å²) in [6.07, 6.45) is 0. The van der Waals surface area contributed by atoms with Gasteiger partial charge in [0.2, 0.25) is 0 Å². The third kappa shape index (κ3) is 3.63. The second-order valence-electron chi connectivity index (χ2n) is 6.31. The third-order valence-corrected chi connectivity index (χ3v) is 6.22. The van der Waals surface area contributed by atoms with E-state index in [1.165, 1.54) is 21.8 Å². The van der Waals surface area contributed by atoms with Gasteiger partial charge in [0.15, 0.2) is 5.13 Å². The maximum atomic E-state index is 5.41. The molecule has 4 rings (SSSR count). The number of methoxy groups -OCH3 is 1. The molecule has 3 aromatic heterocycles. The summed E-state index contributed by atoms with van der Waals surface area (Å²) in [4.78, 5) is 6.17. The Kier molecular flexibility index (Phi) is 5.01. The SMILES string of the molecule is COc1ccccc1Nc1nc(-c2cc(C)n(Cc3cccs3)c2C)cs1. The Labute approximate surface area is 167 Å². The molecule has 0 aliphatic carbocycles. The average molecular weight is 396 g/mol. The first-order chi connectivity index (χ1) is 13.2. The molecule has 0 bridgehead atoms. The Hall–Kier alpha value is -2.57. The van der Waals surface area contributed by atoms with E-state index >= 15 is 0 Å². The fraction of sp³-hybridized carbons (Fsp3) is 0.190. The number of ether oxygens (including phenoxy) is 1. The molecule has 0 aliphatic heterocycles. The lowest BCUT2D eigenvalue weighted by atomic mass is 10.2. The highest BCUT2D eigenvalue weighted by atomic mass is 32.1. The molecule has 0 atom stereocenters. The maximum Gasteiger partial charge on any atom is 0.187 e. The number of nitrogens with zero attached hydrogens (tertiary/aromatic N) is 2. The van der Waals surface area contributed by atoms with Gasteiger partial charge < -0.3 is 14.6 Å². The number of aromatic nitrogens is 2. The molecule has 0 saturated heterocycles. The van der Waals surface area contributed by atoms with E-state index in [1.54, 1.807) is 29.8 Å². The highest BCUT2D eigenvalue weighted by molar-refractivity contribution is 7.14. The van der Waals surface area contributed by atoms with Gasteiger partial charge in [0, 0.05) is 27.2 Å². The molecule has 3 heterocycles. The fourth-order valence-corrected chi connectivity index (χ4v) is 4.60. The Bertz CT molecular complexity index is 1050. The van der Waals surface area contributed by atoms with Crippen LogP contribution in [0.1, 0.15) is 16.3 Å². The number of aryl methyl sites for hydroxylation is 1. The third-order valence-electron chi connectivity index (χ3n) is 4.60. The number of hydrogen-bond acceptors (Lipinski definition) is 5. The van der Waals surface area contributed by atoms with Crippen LogP contribution in [0.3, 0.4) is 0 Å². The van der Waals surface area contributed by atoms with E-state index in [0.717, 1.165) is 28.8 Å². The van der Waals surface area contributed by atoms with E-state index in [9.17, 15) is 0 Å². The van der Waals surface area contributed by atoms with Gasteiger partial charge in [-0.05, 0) is 43.5 Å². The van der Waals surface area contributed by atoms with Crippen LogP contribution in [0.5, 0.6) is 5.75 Å². The monoisotopic (exact) mass is 395 g/mol. The van der Waals surface area contributed by atoms with Crippen molar-refractivity contribution < 1.29 is 4.74 Å². The number of benzene rings is 1. The molecule has 4 aromatic rings. The molecular formula is C21H21N3OS2. The van der Waals surface area contributed by atoms with Gasteiger partial charge in [0.05, 0.1) is 25.0 Å². The maximum absolute atomic E-state index is 5.41. The van der Waals surface area contributed by atoms with Crippen LogP contribution in [0, 0.1) is 13.8 Å². The first kappa shape index (κ1) is 17.8. The summed E-state index contributed by atoms with van der Waals surface area (Å²) in [5.41, 5.74) is 5.61. The van der Waals surface area contributed by atoms with E-state index in [4.69, 9.17) is 9.72 Å². The molecule has 138 valence electrons. The first-order valence-electron chi connectivity index (χ1n) is 8.70. The normalized spacial score (nSPS) is 10.9. The van der Waals surface area contributed by atoms with Crippen molar-refractivity contribution in [3.05, 3.63) is 69.5 Å². The molecule has 27 heavy (non-hydrogen) atoms. The summed E-state index contributed by atoms with van der Waals surface area (Å²) in [6, 6.07) is 14.4. The number of thiophene rings is 1. The van der Waals surface area contributed by atoms with Crippen molar-refractivity contribution >= 4 is 33.5 Å². The summed E-state index contributed by atoms with van der Waals surface area (Å²) >= 11 is 3.40. The molecule has 6 heteroatoms. The van der Waals surface area contributed by atoms with E-state index < -0.39 is 0 Å². The first-order valence-corrected chi connectivity index (χ1v) is 10.5. The second-order valence-corrected chi connectivity index (χ2v) is 8.20. The molecule has 0 spiro atoms. The zero-order valence-electron chi connectivity index (χ0n) is 15.5. The zero-order chi connectivity index (χ0) is 18.8. The molecule has 0 unspecified atom stereocenters. The van der Waals surface area contributed by atoms with E-state index in [2.05, 4.69) is 52.7 Å². The van der Waals surface area contributed by atoms with Crippen LogP contribution in [0.15, 0.2) is 53.2 Å². The van der Waals surface area contributed by atoms with Gasteiger partial charge in [0.25, 0.3) is 0 Å². The van der Waals surface area contributed by atoms with Gasteiger partial charge in [-0.3, -0.25) is 0 Å². The van der Waals surface area contributed by atoms with Crippen molar-refractivity contribution in [3.63, 3.8) is 0 Å². The standard InChI is InChI=1S/C21H21N3OS2/c1-14-11-17(15(2)24(14)12-16-7-6-10-26-16)19-13-27-21(23-19)22-18-8-4-5-9-20(18)25-3/h4-11,13H,12H2,1-3H3,(H,22,23). The predicted molar refractivity (Wildman–Crippen MR) is 115 cm³/mol. The van der Waals surface area contributed by atoms with Crippen molar-refractivity contribution in [1.82, 2.24) is 9.55 Å². The van der Waals surface area contributed by atoms with Crippen LogP contribution in [0.4, 0.5) is 10.8 Å². The minimum atomic E-state index is 0.809. The number of thiazole rings is 1. The largest absolute Gasteiger partial charge is 0.495 e. The summed E-state index contributed by atoms with van der Waals surface area (Å²) in [6.45, 7) is 5.23. The van der Waals surface area contributed by atoms with Gasteiger partial charge in [-0.25, -0.2) is 4.98 Å². The second kappa shape index (κ2) is 7.58. The minimum absolute atomic E-state index is 0.809. The van der Waals surface area contributed by atoms with Gasteiger partial charge in [-0.2, -0.15) is 0 Å². The van der Waals surface area contributed by atoms with Gasteiger partial charge in [0.1, 0.15) is 5.75 Å². The lowest BCUT2D eigenvalue weighted by molar-refractivity contribution is 0.417. The Balaban J connectivity index is 1.60. The summed E-state index contributed by atoms with van der Waals surface area (Å²) in [5.74, 6) is 0.809. The lowest BCUT2D eigenvalue weighted by Gasteiger charge is -2.08. The summed E-state index contributed by atoms with van der Waals surface area (Å²) in [5, 5.41) is 8.46. The number of rotatable bonds is 6. The van der Waals surface area contributed by atoms with E-state index in [0.29, 0.717) is 0 Å². The molecule has 0 aliphatic rings. The van der Waals surface area contributed by atoms with E-state index in [1.807, 2.05) is 24.3 Å². The minimum Gasteiger partial charge on any atom is -0.495 e. The summed E-state index contributed by atoms with van der Waals surface area (Å²) < 4.78 is 7.76. The molecular weight excluding hydrogens is 374 g/mol. The van der Waals surface area contributed by atoms with Crippen molar-refractivity contribution in [1.29, 1.82) is 0 Å². The topological polar surface area (TPSA) is 39.1 Å². The highest BCUT2D eigenvalue weighted by Crippen LogP contribution is 2.33. The Morgan fingerprint density at radius 3 is 2.74 bits per heavy atom. The highest BCUT2D eigenvalue weighted by Gasteiger charge is 2.15. The molecule has 4 nitrogen and oxygen atoms in total. The van der Waals surface area contributed by atoms with Crippen molar-refractivity contribution in [2.24, 2.45) is 0 Å². The van der Waals surface area contributed by atoms with Crippen molar-refractivity contribution in [2.75, 3.05) is 12.4 Å². The molecule has 0 saturated carbocycles. The number of para-hydroxylation sites is 2. The van der Waals surface area contributed by atoms with Gasteiger partial charge >= 0.3 is 0 Å². The Morgan fingerprint density at radius 2 is 1.96 bits per heavy atom. The zero-order valence-corrected chi connectivity index (χ0v) is 17.2. The molecule has 0 fully saturated rings. The number of hydrogen-bond donors (Lipinski definition) is 1. The van der Waals surface area contributed by atoms with Crippen LogP contribution in [-0.4, -0.2) is 16.7 Å². The number of anilines is 2. The molecule has 0 radical (unpaired) electrons. The number of nitrogens with one attached hydrogen (secondary N) is 1. The Morgan fingerprint density at radius 1 is 1.11 bits per heavy atom. The molecule has 1 N–H and O–H groups in total. The fourth-order valence-electron chi connectivity index (χ4n) is 3.18. The van der Waals surface area contributed by atoms with Crippen LogP contribution >= 0.6 is 22.7 Å². The van der Waals surface area contributed by atoms with Gasteiger partial charge in [-0.15, -0.1) is 22.7 Å². The summed E-state index contributed by atoms with van der Waals surface area (Å²) in [7, 11) is 1.68. The van der Waals surface area contributed by atoms with Crippen LogP contribution in [0.2, 0.25) is 0 Å². The molecule has 0 amide bonds. The smallest absolute Gasteiger partial charge is 0.187 e. The van der Waals surface area contributed by atoms with Gasteiger partial charge in [-0.1, -0.05) is 18.2 Å². The molecule has 1 aromatic carbocycles.